The lowest BCUT2D eigenvalue weighted by molar-refractivity contribution is -0.141. The fourth-order valence-corrected chi connectivity index (χ4v) is 1.97. The van der Waals surface area contributed by atoms with Gasteiger partial charge in [0.15, 0.2) is 0 Å². The van der Waals surface area contributed by atoms with Gasteiger partial charge in [0, 0.05) is 32.4 Å². The number of aromatic nitrogens is 2. The van der Waals surface area contributed by atoms with E-state index < -0.39 is 18.0 Å². The van der Waals surface area contributed by atoms with Crippen molar-refractivity contribution < 1.29 is 23.1 Å². The van der Waals surface area contributed by atoms with Crippen molar-refractivity contribution in [3.05, 3.63) is 18.0 Å². The van der Waals surface area contributed by atoms with E-state index in [1.54, 1.807) is 4.90 Å². The van der Waals surface area contributed by atoms with Crippen molar-refractivity contribution in [2.45, 2.75) is 12.6 Å². The van der Waals surface area contributed by atoms with Crippen LogP contribution >= 0.6 is 0 Å². The maximum atomic E-state index is 12.6. The van der Waals surface area contributed by atoms with Crippen LogP contribution in [0.15, 0.2) is 12.3 Å². The van der Waals surface area contributed by atoms with Crippen LogP contribution in [0.1, 0.15) is 12.1 Å². The van der Waals surface area contributed by atoms with Gasteiger partial charge in [-0.3, -0.25) is 0 Å². The monoisotopic (exact) mass is 290 g/mol. The van der Waals surface area contributed by atoms with Crippen LogP contribution < -0.4 is 4.90 Å². The fraction of sp³-hybridized carbons (Fsp3) is 0.545. The van der Waals surface area contributed by atoms with Crippen molar-refractivity contribution in [2.75, 3.05) is 31.1 Å². The van der Waals surface area contributed by atoms with E-state index in [0.29, 0.717) is 19.5 Å². The summed E-state index contributed by atoms with van der Waals surface area (Å²) in [5.41, 5.74) is -0.998. The molecule has 1 N–H and O–H groups in total. The minimum Gasteiger partial charge on any atom is -0.465 e. The SMILES string of the molecule is O=C(O)N1CCCN(c2nccc(C(F)(F)F)n2)CC1. The summed E-state index contributed by atoms with van der Waals surface area (Å²) in [4.78, 5) is 21.0. The maximum Gasteiger partial charge on any atom is 0.433 e. The topological polar surface area (TPSA) is 69.6 Å². The lowest BCUT2D eigenvalue weighted by atomic mass is 10.4. The number of nitrogens with zero attached hydrogens (tertiary/aromatic N) is 4. The summed E-state index contributed by atoms with van der Waals surface area (Å²) in [5, 5.41) is 8.90. The highest BCUT2D eigenvalue weighted by molar-refractivity contribution is 5.65. The molecule has 20 heavy (non-hydrogen) atoms. The zero-order chi connectivity index (χ0) is 14.8. The van der Waals surface area contributed by atoms with Crippen LogP contribution in [0, 0.1) is 0 Å². The highest BCUT2D eigenvalue weighted by Gasteiger charge is 2.33. The Kier molecular flexibility index (Phi) is 3.96. The van der Waals surface area contributed by atoms with Gasteiger partial charge < -0.3 is 14.9 Å². The van der Waals surface area contributed by atoms with Crippen LogP contribution in [0.25, 0.3) is 0 Å². The third-order valence-corrected chi connectivity index (χ3v) is 2.98. The summed E-state index contributed by atoms with van der Waals surface area (Å²) in [5.74, 6) is -0.0212. The summed E-state index contributed by atoms with van der Waals surface area (Å²) in [6.45, 7) is 1.26. The Morgan fingerprint density at radius 1 is 1.25 bits per heavy atom. The minimum absolute atomic E-state index is 0.0212. The van der Waals surface area contributed by atoms with Gasteiger partial charge in [-0.1, -0.05) is 0 Å². The molecule has 1 aromatic rings. The zero-order valence-corrected chi connectivity index (χ0v) is 10.5. The Hall–Kier alpha value is -2.06. The second-order valence-electron chi connectivity index (χ2n) is 4.35. The molecule has 2 heterocycles. The predicted molar refractivity (Wildman–Crippen MR) is 63.5 cm³/mol. The number of alkyl halides is 3. The average Bonchev–Trinajstić information content (AvgIpc) is 2.63. The number of hydrogen-bond acceptors (Lipinski definition) is 4. The Morgan fingerprint density at radius 3 is 2.65 bits per heavy atom. The van der Waals surface area contributed by atoms with Crippen molar-refractivity contribution in [3.8, 4) is 0 Å². The molecule has 6 nitrogen and oxygen atoms in total. The van der Waals surface area contributed by atoms with E-state index >= 15 is 0 Å². The Bertz CT molecular complexity index is 495. The molecule has 0 aromatic carbocycles. The average molecular weight is 290 g/mol. The molecule has 1 aromatic heterocycles. The van der Waals surface area contributed by atoms with Crippen molar-refractivity contribution >= 4 is 12.0 Å². The first kappa shape index (κ1) is 14.4. The summed E-state index contributed by atoms with van der Waals surface area (Å²) in [6.07, 6.45) is -3.97. The van der Waals surface area contributed by atoms with Crippen LogP contribution in [0.3, 0.4) is 0 Å². The van der Waals surface area contributed by atoms with E-state index in [1.807, 2.05) is 0 Å². The highest BCUT2D eigenvalue weighted by Crippen LogP contribution is 2.28. The van der Waals surface area contributed by atoms with E-state index in [0.717, 1.165) is 12.3 Å². The zero-order valence-electron chi connectivity index (χ0n) is 10.5. The smallest absolute Gasteiger partial charge is 0.433 e. The molecular weight excluding hydrogens is 277 g/mol. The molecule has 0 bridgehead atoms. The van der Waals surface area contributed by atoms with Crippen LogP contribution in [-0.4, -0.2) is 52.2 Å². The normalized spacial score (nSPS) is 16.9. The Morgan fingerprint density at radius 2 is 2.00 bits per heavy atom. The van der Waals surface area contributed by atoms with Gasteiger partial charge in [0.2, 0.25) is 5.95 Å². The third kappa shape index (κ3) is 3.28. The number of hydrogen-bond donors (Lipinski definition) is 1. The van der Waals surface area contributed by atoms with Gasteiger partial charge in [-0.25, -0.2) is 14.8 Å². The van der Waals surface area contributed by atoms with Crippen LogP contribution in [0.5, 0.6) is 0 Å². The van der Waals surface area contributed by atoms with E-state index in [2.05, 4.69) is 9.97 Å². The van der Waals surface area contributed by atoms with Crippen LogP contribution in [0.2, 0.25) is 0 Å². The molecule has 2 rings (SSSR count). The number of rotatable bonds is 1. The van der Waals surface area contributed by atoms with Crippen LogP contribution in [0.4, 0.5) is 23.9 Å². The number of halogens is 3. The second kappa shape index (κ2) is 5.51. The van der Waals surface area contributed by atoms with Gasteiger partial charge in [0.1, 0.15) is 5.69 Å². The number of amides is 1. The van der Waals surface area contributed by atoms with E-state index in [1.165, 1.54) is 4.90 Å². The summed E-state index contributed by atoms with van der Waals surface area (Å²) < 4.78 is 37.8. The van der Waals surface area contributed by atoms with Gasteiger partial charge in [-0.2, -0.15) is 13.2 Å². The molecule has 0 radical (unpaired) electrons. The molecule has 1 fully saturated rings. The van der Waals surface area contributed by atoms with Gasteiger partial charge in [-0.05, 0) is 12.5 Å². The fourth-order valence-electron chi connectivity index (χ4n) is 1.97. The number of anilines is 1. The quantitative estimate of drug-likeness (QED) is 0.852. The molecule has 1 aliphatic rings. The minimum atomic E-state index is -4.52. The van der Waals surface area contributed by atoms with Crippen molar-refractivity contribution in [2.24, 2.45) is 0 Å². The summed E-state index contributed by atoms with van der Waals surface area (Å²) in [7, 11) is 0. The lowest BCUT2D eigenvalue weighted by Gasteiger charge is -2.21. The number of carboxylic acid groups (broad SMARTS) is 1. The maximum absolute atomic E-state index is 12.6. The Labute approximate surface area is 112 Å². The highest BCUT2D eigenvalue weighted by atomic mass is 19.4. The van der Waals surface area contributed by atoms with Gasteiger partial charge in [0.25, 0.3) is 0 Å². The summed E-state index contributed by atoms with van der Waals surface area (Å²) in [6, 6.07) is 0.810. The molecule has 0 spiro atoms. The van der Waals surface area contributed by atoms with E-state index in [4.69, 9.17) is 5.11 Å². The standard InChI is InChI=1S/C11H13F3N4O2/c12-11(13,14)8-2-3-15-9(16-8)17-4-1-5-18(7-6-17)10(19)20/h2-3H,1,4-7H2,(H,19,20). The molecule has 9 heteroatoms. The van der Waals surface area contributed by atoms with Crippen molar-refractivity contribution in [3.63, 3.8) is 0 Å². The predicted octanol–water partition coefficient (Wildman–Crippen LogP) is 1.69. The van der Waals surface area contributed by atoms with Crippen LogP contribution in [-0.2, 0) is 6.18 Å². The molecule has 0 atom stereocenters. The molecule has 1 amide bonds. The van der Waals surface area contributed by atoms with E-state index in [-0.39, 0.29) is 19.0 Å². The summed E-state index contributed by atoms with van der Waals surface area (Å²) >= 11 is 0. The lowest BCUT2D eigenvalue weighted by Crippen LogP contribution is -2.34. The largest absolute Gasteiger partial charge is 0.465 e. The first-order valence-electron chi connectivity index (χ1n) is 6.01. The third-order valence-electron chi connectivity index (χ3n) is 2.98. The molecule has 0 unspecified atom stereocenters. The van der Waals surface area contributed by atoms with Gasteiger partial charge in [-0.15, -0.1) is 0 Å². The molecule has 110 valence electrons. The second-order valence-corrected chi connectivity index (χ2v) is 4.35. The molecule has 1 aliphatic heterocycles. The molecular formula is C11H13F3N4O2. The van der Waals surface area contributed by atoms with Gasteiger partial charge >= 0.3 is 12.3 Å². The molecule has 0 saturated carbocycles. The molecule has 0 aliphatic carbocycles. The number of carbonyl (C=O) groups is 1. The first-order chi connectivity index (χ1) is 9.38. The van der Waals surface area contributed by atoms with Crippen molar-refractivity contribution in [1.82, 2.24) is 14.9 Å². The molecule has 1 saturated heterocycles. The van der Waals surface area contributed by atoms with Crippen molar-refractivity contribution in [1.29, 1.82) is 0 Å². The van der Waals surface area contributed by atoms with Gasteiger partial charge in [0.05, 0.1) is 0 Å². The van der Waals surface area contributed by atoms with E-state index in [9.17, 15) is 18.0 Å². The Balaban J connectivity index is 2.14. The first-order valence-corrected chi connectivity index (χ1v) is 6.01.